The summed E-state index contributed by atoms with van der Waals surface area (Å²) in [6.45, 7) is 7.30. The lowest BCUT2D eigenvalue weighted by atomic mass is 9.44. The SMILES string of the molecule is CCOC(=O)C1CCC2(C)C3CCC4(C)C(O)CCC4C3CC[C@H]2C1. The molecule has 4 fully saturated rings. The average molecular weight is 349 g/mol. The van der Waals surface area contributed by atoms with Crippen molar-refractivity contribution in [3.63, 3.8) is 0 Å². The van der Waals surface area contributed by atoms with E-state index in [4.69, 9.17) is 4.74 Å². The summed E-state index contributed by atoms with van der Waals surface area (Å²) in [5.74, 6) is 3.20. The van der Waals surface area contributed by atoms with Crippen LogP contribution in [0.25, 0.3) is 0 Å². The number of esters is 1. The molecule has 0 aliphatic heterocycles. The van der Waals surface area contributed by atoms with E-state index in [1.54, 1.807) is 0 Å². The van der Waals surface area contributed by atoms with Crippen molar-refractivity contribution in [2.24, 2.45) is 40.4 Å². The van der Waals surface area contributed by atoms with Gasteiger partial charge in [0.2, 0.25) is 0 Å². The predicted molar refractivity (Wildman–Crippen MR) is 97.9 cm³/mol. The van der Waals surface area contributed by atoms with Gasteiger partial charge in [-0.05, 0) is 99.2 Å². The van der Waals surface area contributed by atoms with Crippen LogP contribution in [0.15, 0.2) is 0 Å². The van der Waals surface area contributed by atoms with Crippen LogP contribution in [0, 0.1) is 40.4 Å². The zero-order valence-electron chi connectivity index (χ0n) is 16.3. The number of fused-ring (bicyclic) bond motifs is 5. The fourth-order valence-electron chi connectivity index (χ4n) is 7.70. The average Bonchev–Trinajstić information content (AvgIpc) is 2.89. The highest BCUT2D eigenvalue weighted by molar-refractivity contribution is 5.72. The first-order chi connectivity index (χ1) is 11.9. The summed E-state index contributed by atoms with van der Waals surface area (Å²) >= 11 is 0. The minimum Gasteiger partial charge on any atom is -0.466 e. The van der Waals surface area contributed by atoms with Crippen LogP contribution >= 0.6 is 0 Å². The Morgan fingerprint density at radius 1 is 1.00 bits per heavy atom. The third-order valence-electron chi connectivity index (χ3n) is 9.24. The number of carbonyl (C=O) groups excluding carboxylic acids is 1. The number of aliphatic hydroxyl groups is 1. The molecular weight excluding hydrogens is 312 g/mol. The standard InChI is InChI=1S/C22H36O3/c1-4-25-20(24)14-9-11-21(2)15(13-14)5-6-16-17-7-8-19(23)22(17,3)12-10-18(16)21/h14-19,23H,4-13H2,1-3H3/t14?,15-,16?,17?,18?,19?,21?,22?/m0/s1. The van der Waals surface area contributed by atoms with Crippen LogP contribution in [-0.2, 0) is 9.53 Å². The lowest BCUT2D eigenvalue weighted by Crippen LogP contribution is -2.54. The number of carbonyl (C=O) groups is 1. The molecule has 1 N–H and O–H groups in total. The Morgan fingerprint density at radius 3 is 2.48 bits per heavy atom. The summed E-state index contributed by atoms with van der Waals surface area (Å²) in [4.78, 5) is 12.2. The molecule has 4 rings (SSSR count). The van der Waals surface area contributed by atoms with E-state index in [0.717, 1.165) is 37.0 Å². The zero-order valence-corrected chi connectivity index (χ0v) is 16.3. The van der Waals surface area contributed by atoms with Gasteiger partial charge in [0.1, 0.15) is 0 Å². The molecule has 0 spiro atoms. The molecule has 3 heteroatoms. The molecular formula is C22H36O3. The van der Waals surface area contributed by atoms with Gasteiger partial charge in [-0.15, -0.1) is 0 Å². The predicted octanol–water partition coefficient (Wildman–Crippen LogP) is 4.57. The maximum Gasteiger partial charge on any atom is 0.308 e. The van der Waals surface area contributed by atoms with Crippen LogP contribution in [0.4, 0.5) is 0 Å². The molecule has 0 amide bonds. The number of rotatable bonds is 2. The summed E-state index contributed by atoms with van der Waals surface area (Å²) in [7, 11) is 0. The van der Waals surface area contributed by atoms with E-state index in [-0.39, 0.29) is 23.4 Å². The van der Waals surface area contributed by atoms with Gasteiger partial charge in [-0.1, -0.05) is 13.8 Å². The second-order valence-electron chi connectivity index (χ2n) is 10.0. The van der Waals surface area contributed by atoms with Crippen molar-refractivity contribution in [2.45, 2.75) is 84.7 Å². The summed E-state index contributed by atoms with van der Waals surface area (Å²) in [5, 5.41) is 10.6. The van der Waals surface area contributed by atoms with Crippen molar-refractivity contribution < 1.29 is 14.6 Å². The number of aliphatic hydroxyl groups excluding tert-OH is 1. The number of hydrogen-bond acceptors (Lipinski definition) is 3. The Morgan fingerprint density at radius 2 is 1.72 bits per heavy atom. The zero-order chi connectivity index (χ0) is 17.8. The van der Waals surface area contributed by atoms with Crippen molar-refractivity contribution in [3.8, 4) is 0 Å². The normalized spacial score (nSPS) is 52.0. The quantitative estimate of drug-likeness (QED) is 0.744. The molecule has 0 radical (unpaired) electrons. The molecule has 0 heterocycles. The maximum atomic E-state index is 12.2. The van der Waals surface area contributed by atoms with Crippen molar-refractivity contribution in [2.75, 3.05) is 6.61 Å². The van der Waals surface area contributed by atoms with Gasteiger partial charge in [-0.2, -0.15) is 0 Å². The van der Waals surface area contributed by atoms with E-state index in [2.05, 4.69) is 13.8 Å². The summed E-state index contributed by atoms with van der Waals surface area (Å²) < 4.78 is 5.32. The molecule has 3 nitrogen and oxygen atoms in total. The minimum atomic E-state index is -0.0801. The first-order valence-corrected chi connectivity index (χ1v) is 10.7. The highest BCUT2D eigenvalue weighted by Crippen LogP contribution is 2.66. The molecule has 142 valence electrons. The second kappa shape index (κ2) is 6.25. The highest BCUT2D eigenvalue weighted by Gasteiger charge is 2.60. The van der Waals surface area contributed by atoms with E-state index in [9.17, 15) is 9.90 Å². The molecule has 0 aromatic heterocycles. The molecule has 4 aliphatic carbocycles. The first-order valence-electron chi connectivity index (χ1n) is 10.7. The second-order valence-corrected chi connectivity index (χ2v) is 10.0. The molecule has 7 unspecified atom stereocenters. The Hall–Kier alpha value is -0.570. The van der Waals surface area contributed by atoms with Crippen molar-refractivity contribution in [3.05, 3.63) is 0 Å². The van der Waals surface area contributed by atoms with Crippen molar-refractivity contribution >= 4 is 5.97 Å². The summed E-state index contributed by atoms with van der Waals surface area (Å²) in [6.07, 6.45) is 10.5. The Balaban J connectivity index is 1.52. The van der Waals surface area contributed by atoms with Crippen LogP contribution in [-0.4, -0.2) is 23.8 Å². The van der Waals surface area contributed by atoms with Crippen LogP contribution in [0.3, 0.4) is 0 Å². The molecule has 0 aromatic rings. The lowest BCUT2D eigenvalue weighted by Gasteiger charge is -2.60. The molecule has 25 heavy (non-hydrogen) atoms. The van der Waals surface area contributed by atoms with E-state index >= 15 is 0 Å². The Kier molecular flexibility index (Phi) is 4.46. The maximum absolute atomic E-state index is 12.2. The van der Waals surface area contributed by atoms with Gasteiger partial charge in [0.25, 0.3) is 0 Å². The Bertz CT molecular complexity index is 531. The fraction of sp³-hybridized carbons (Fsp3) is 0.955. The van der Waals surface area contributed by atoms with Gasteiger partial charge in [-0.25, -0.2) is 0 Å². The molecule has 0 saturated heterocycles. The number of hydrogen-bond donors (Lipinski definition) is 1. The van der Waals surface area contributed by atoms with Gasteiger partial charge in [-0.3, -0.25) is 4.79 Å². The minimum absolute atomic E-state index is 0.0433. The molecule has 8 atom stereocenters. The van der Waals surface area contributed by atoms with E-state index < -0.39 is 0 Å². The monoisotopic (exact) mass is 348 g/mol. The van der Waals surface area contributed by atoms with Gasteiger partial charge in [0.15, 0.2) is 0 Å². The highest BCUT2D eigenvalue weighted by atomic mass is 16.5. The van der Waals surface area contributed by atoms with E-state index in [1.165, 1.54) is 38.5 Å². The lowest BCUT2D eigenvalue weighted by molar-refractivity contribution is -0.158. The fourth-order valence-corrected chi connectivity index (χ4v) is 7.70. The van der Waals surface area contributed by atoms with E-state index in [1.807, 2.05) is 6.92 Å². The summed E-state index contributed by atoms with van der Waals surface area (Å²) in [5.41, 5.74) is 0.577. The van der Waals surface area contributed by atoms with Crippen LogP contribution in [0.5, 0.6) is 0 Å². The van der Waals surface area contributed by atoms with E-state index in [0.29, 0.717) is 17.9 Å². The first kappa shape index (κ1) is 17.8. The Labute approximate surface area is 152 Å². The van der Waals surface area contributed by atoms with Crippen molar-refractivity contribution in [1.29, 1.82) is 0 Å². The van der Waals surface area contributed by atoms with Crippen LogP contribution in [0.1, 0.15) is 78.6 Å². The molecule has 4 saturated carbocycles. The molecule has 0 aromatic carbocycles. The molecule has 0 bridgehead atoms. The van der Waals surface area contributed by atoms with Gasteiger partial charge >= 0.3 is 5.97 Å². The van der Waals surface area contributed by atoms with Crippen molar-refractivity contribution in [1.82, 2.24) is 0 Å². The molecule has 4 aliphatic rings. The van der Waals surface area contributed by atoms with Gasteiger partial charge in [0, 0.05) is 0 Å². The number of ether oxygens (including phenoxy) is 1. The van der Waals surface area contributed by atoms with Crippen LogP contribution < -0.4 is 0 Å². The smallest absolute Gasteiger partial charge is 0.308 e. The van der Waals surface area contributed by atoms with Gasteiger partial charge < -0.3 is 9.84 Å². The van der Waals surface area contributed by atoms with Crippen LogP contribution in [0.2, 0.25) is 0 Å². The van der Waals surface area contributed by atoms with Gasteiger partial charge in [0.05, 0.1) is 18.6 Å². The third-order valence-corrected chi connectivity index (χ3v) is 9.24. The summed E-state index contributed by atoms with van der Waals surface area (Å²) in [6, 6.07) is 0. The largest absolute Gasteiger partial charge is 0.466 e. The topological polar surface area (TPSA) is 46.5 Å². The third kappa shape index (κ3) is 2.59.